The summed E-state index contributed by atoms with van der Waals surface area (Å²) in [5.74, 6) is 0.156. The van der Waals surface area contributed by atoms with Gasteiger partial charge in [0.15, 0.2) is 0 Å². The summed E-state index contributed by atoms with van der Waals surface area (Å²) in [6.45, 7) is 1.83. The van der Waals surface area contributed by atoms with E-state index in [1.165, 1.54) is 0 Å². The summed E-state index contributed by atoms with van der Waals surface area (Å²) in [6, 6.07) is 7.50. The molecule has 1 aromatic carbocycles. The van der Waals surface area contributed by atoms with E-state index in [0.29, 0.717) is 11.3 Å². The molecule has 5 heteroatoms. The third-order valence-corrected chi connectivity index (χ3v) is 4.40. The predicted octanol–water partition coefficient (Wildman–Crippen LogP) is 1.54. The summed E-state index contributed by atoms with van der Waals surface area (Å²) in [4.78, 5) is 26.5. The molecule has 2 N–H and O–H groups in total. The fourth-order valence-corrected chi connectivity index (χ4v) is 2.92. The van der Waals surface area contributed by atoms with Crippen LogP contribution in [0.1, 0.15) is 36.0 Å². The van der Waals surface area contributed by atoms with Crippen LogP contribution in [0.3, 0.4) is 0 Å². The second kappa shape index (κ2) is 6.48. The summed E-state index contributed by atoms with van der Waals surface area (Å²) >= 11 is 0. The number of nitrogens with one attached hydrogen (secondary N) is 2. The van der Waals surface area contributed by atoms with Gasteiger partial charge in [0.2, 0.25) is 5.91 Å². The molecule has 1 aromatic rings. The largest absolute Gasteiger partial charge is 0.348 e. The Kier molecular flexibility index (Phi) is 4.43. The Morgan fingerprint density at radius 3 is 2.68 bits per heavy atom. The Morgan fingerprint density at radius 2 is 2.00 bits per heavy atom. The van der Waals surface area contributed by atoms with E-state index in [2.05, 4.69) is 10.6 Å². The van der Waals surface area contributed by atoms with E-state index in [9.17, 15) is 9.59 Å². The molecule has 1 heterocycles. The third kappa shape index (κ3) is 3.30. The first-order valence-electron chi connectivity index (χ1n) is 8.05. The Bertz CT molecular complexity index is 563. The minimum absolute atomic E-state index is 0.0975. The Labute approximate surface area is 131 Å². The number of benzene rings is 1. The molecular weight excluding hydrogens is 278 g/mol. The van der Waals surface area contributed by atoms with E-state index in [1.54, 1.807) is 18.0 Å². The van der Waals surface area contributed by atoms with Crippen molar-refractivity contribution in [2.75, 3.05) is 25.0 Å². The van der Waals surface area contributed by atoms with Crippen LogP contribution in [0.2, 0.25) is 0 Å². The van der Waals surface area contributed by atoms with Crippen molar-refractivity contribution in [1.82, 2.24) is 10.6 Å². The van der Waals surface area contributed by atoms with Gasteiger partial charge in [0.25, 0.3) is 5.91 Å². The lowest BCUT2D eigenvalue weighted by Crippen LogP contribution is -2.46. The van der Waals surface area contributed by atoms with Gasteiger partial charge in [-0.05, 0) is 44.4 Å². The molecule has 5 nitrogen and oxygen atoms in total. The van der Waals surface area contributed by atoms with Gasteiger partial charge >= 0.3 is 0 Å². The number of carbonyl (C=O) groups is 2. The molecule has 2 aliphatic rings. The first-order valence-corrected chi connectivity index (χ1v) is 8.05. The molecule has 0 bridgehead atoms. The lowest BCUT2D eigenvalue weighted by Gasteiger charge is -2.25. The highest BCUT2D eigenvalue weighted by molar-refractivity contribution is 6.05. The van der Waals surface area contributed by atoms with E-state index in [4.69, 9.17) is 0 Å². The van der Waals surface area contributed by atoms with Crippen molar-refractivity contribution in [1.29, 1.82) is 0 Å². The Hall–Kier alpha value is -1.88. The van der Waals surface area contributed by atoms with Crippen LogP contribution in [-0.2, 0) is 4.79 Å². The topological polar surface area (TPSA) is 61.4 Å². The summed E-state index contributed by atoms with van der Waals surface area (Å²) in [5.41, 5.74) is 1.27. The van der Waals surface area contributed by atoms with Crippen molar-refractivity contribution >= 4 is 17.5 Å². The van der Waals surface area contributed by atoms with Crippen LogP contribution in [-0.4, -0.2) is 38.0 Å². The smallest absolute Gasteiger partial charge is 0.253 e. The Balaban J connectivity index is 1.74. The molecule has 1 aliphatic carbocycles. The molecule has 2 amide bonds. The van der Waals surface area contributed by atoms with Crippen molar-refractivity contribution < 1.29 is 9.59 Å². The first kappa shape index (κ1) is 15.0. The summed E-state index contributed by atoms with van der Waals surface area (Å²) in [6.07, 6.45) is 4.00. The van der Waals surface area contributed by atoms with Crippen LogP contribution in [0.4, 0.5) is 5.69 Å². The SMILES string of the molecule is CN(C(=O)C1CC1)c1ccccc1C(=O)N[C@H]1CCCNC1. The molecule has 0 radical (unpaired) electrons. The summed E-state index contributed by atoms with van der Waals surface area (Å²) in [5, 5.41) is 6.37. The maximum Gasteiger partial charge on any atom is 0.253 e. The van der Waals surface area contributed by atoms with Crippen molar-refractivity contribution in [3.8, 4) is 0 Å². The number of nitrogens with zero attached hydrogens (tertiary/aromatic N) is 1. The second-order valence-electron chi connectivity index (χ2n) is 6.21. The molecule has 0 spiro atoms. The van der Waals surface area contributed by atoms with Gasteiger partial charge in [-0.1, -0.05) is 12.1 Å². The number of carbonyl (C=O) groups excluding carboxylic acids is 2. The van der Waals surface area contributed by atoms with Crippen LogP contribution in [0.5, 0.6) is 0 Å². The Morgan fingerprint density at radius 1 is 1.23 bits per heavy atom. The first-order chi connectivity index (χ1) is 10.7. The zero-order valence-corrected chi connectivity index (χ0v) is 13.0. The number of hydrogen-bond acceptors (Lipinski definition) is 3. The van der Waals surface area contributed by atoms with Crippen LogP contribution < -0.4 is 15.5 Å². The maximum atomic E-state index is 12.6. The van der Waals surface area contributed by atoms with Gasteiger partial charge in [-0.25, -0.2) is 0 Å². The number of hydrogen-bond donors (Lipinski definition) is 2. The molecule has 1 saturated heterocycles. The fourth-order valence-electron chi connectivity index (χ4n) is 2.92. The number of anilines is 1. The van der Waals surface area contributed by atoms with Crippen molar-refractivity contribution in [3.63, 3.8) is 0 Å². The van der Waals surface area contributed by atoms with Gasteiger partial charge in [-0.15, -0.1) is 0 Å². The number of para-hydroxylation sites is 1. The van der Waals surface area contributed by atoms with E-state index in [1.807, 2.05) is 18.2 Å². The third-order valence-electron chi connectivity index (χ3n) is 4.40. The van der Waals surface area contributed by atoms with E-state index in [-0.39, 0.29) is 23.8 Å². The molecule has 22 heavy (non-hydrogen) atoms. The standard InChI is InChI=1S/C17H23N3O2/c1-20(17(22)12-8-9-12)15-7-3-2-6-14(15)16(21)19-13-5-4-10-18-11-13/h2-3,6-7,12-13,18H,4-5,8-11H2,1H3,(H,19,21)/t13-/m0/s1. The van der Waals surface area contributed by atoms with Crippen molar-refractivity contribution in [2.24, 2.45) is 5.92 Å². The van der Waals surface area contributed by atoms with Crippen molar-refractivity contribution in [2.45, 2.75) is 31.7 Å². The minimum atomic E-state index is -0.0975. The average Bonchev–Trinajstić information content (AvgIpc) is 3.39. The number of rotatable bonds is 4. The van der Waals surface area contributed by atoms with Gasteiger partial charge in [-0.3, -0.25) is 9.59 Å². The number of piperidine rings is 1. The van der Waals surface area contributed by atoms with Crippen molar-refractivity contribution in [3.05, 3.63) is 29.8 Å². The molecule has 0 unspecified atom stereocenters. The summed E-state index contributed by atoms with van der Waals surface area (Å²) in [7, 11) is 1.76. The van der Waals surface area contributed by atoms with Gasteiger partial charge in [0.1, 0.15) is 0 Å². The maximum absolute atomic E-state index is 12.6. The summed E-state index contributed by atoms with van der Waals surface area (Å²) < 4.78 is 0. The average molecular weight is 301 g/mol. The zero-order chi connectivity index (χ0) is 15.5. The predicted molar refractivity (Wildman–Crippen MR) is 85.9 cm³/mol. The molecule has 2 fully saturated rings. The molecular formula is C17H23N3O2. The monoisotopic (exact) mass is 301 g/mol. The van der Waals surface area contributed by atoms with Gasteiger partial charge in [-0.2, -0.15) is 0 Å². The highest BCUT2D eigenvalue weighted by atomic mass is 16.2. The lowest BCUT2D eigenvalue weighted by atomic mass is 10.1. The van der Waals surface area contributed by atoms with E-state index < -0.39 is 0 Å². The zero-order valence-electron chi connectivity index (χ0n) is 13.0. The quantitative estimate of drug-likeness (QED) is 0.887. The van der Waals surface area contributed by atoms with Crippen LogP contribution in [0.15, 0.2) is 24.3 Å². The van der Waals surface area contributed by atoms with E-state index in [0.717, 1.165) is 38.8 Å². The van der Waals surface area contributed by atoms with Crippen LogP contribution in [0, 0.1) is 5.92 Å². The highest BCUT2D eigenvalue weighted by Gasteiger charge is 2.33. The lowest BCUT2D eigenvalue weighted by molar-refractivity contribution is -0.119. The van der Waals surface area contributed by atoms with Gasteiger partial charge < -0.3 is 15.5 Å². The highest BCUT2D eigenvalue weighted by Crippen LogP contribution is 2.33. The molecule has 1 atom stereocenters. The number of amides is 2. The second-order valence-corrected chi connectivity index (χ2v) is 6.21. The van der Waals surface area contributed by atoms with Crippen LogP contribution in [0.25, 0.3) is 0 Å². The van der Waals surface area contributed by atoms with Gasteiger partial charge in [0.05, 0.1) is 11.3 Å². The molecule has 1 saturated carbocycles. The van der Waals surface area contributed by atoms with Crippen LogP contribution >= 0.6 is 0 Å². The molecule has 118 valence electrons. The fraction of sp³-hybridized carbons (Fsp3) is 0.529. The molecule has 0 aromatic heterocycles. The normalized spacial score (nSPS) is 21.2. The minimum Gasteiger partial charge on any atom is -0.348 e. The van der Waals surface area contributed by atoms with Gasteiger partial charge in [0, 0.05) is 25.6 Å². The van der Waals surface area contributed by atoms with E-state index >= 15 is 0 Å². The molecule has 1 aliphatic heterocycles. The molecule has 3 rings (SSSR count).